The summed E-state index contributed by atoms with van der Waals surface area (Å²) in [6, 6.07) is 23.8. The molecule has 3 aromatic carbocycles. The van der Waals surface area contributed by atoms with Gasteiger partial charge in [0.2, 0.25) is 10.0 Å². The van der Waals surface area contributed by atoms with Crippen molar-refractivity contribution in [3.63, 3.8) is 0 Å². The molecule has 0 saturated carbocycles. The first-order valence-corrected chi connectivity index (χ1v) is 11.6. The highest BCUT2D eigenvalue weighted by atomic mass is 32.2. The number of amides is 1. The summed E-state index contributed by atoms with van der Waals surface area (Å²) < 4.78 is 28.2. The molecule has 5 rings (SSSR count). The van der Waals surface area contributed by atoms with E-state index in [1.54, 1.807) is 47.4 Å². The Morgan fingerprint density at radius 3 is 2.19 bits per heavy atom. The molecule has 6 nitrogen and oxygen atoms in total. The number of carbonyl (C=O) groups excluding carboxylic acids is 1. The van der Waals surface area contributed by atoms with E-state index in [4.69, 9.17) is 0 Å². The van der Waals surface area contributed by atoms with Crippen molar-refractivity contribution in [2.45, 2.75) is 22.9 Å². The molecule has 0 aromatic heterocycles. The molecular weight excluding hydrogens is 412 g/mol. The molecule has 0 unspecified atom stereocenters. The molecule has 1 saturated heterocycles. The van der Waals surface area contributed by atoms with Gasteiger partial charge >= 0.3 is 0 Å². The molecule has 1 fully saturated rings. The fourth-order valence-corrected chi connectivity index (χ4v) is 6.67. The smallest absolute Gasteiger partial charge is 0.258 e. The Bertz CT molecular complexity index is 1210. The summed E-state index contributed by atoms with van der Waals surface area (Å²) in [4.78, 5) is 15.2. The van der Waals surface area contributed by atoms with Gasteiger partial charge in [0.15, 0.2) is 0 Å². The second-order valence-electron chi connectivity index (χ2n) is 7.83. The highest BCUT2D eigenvalue weighted by Gasteiger charge is 2.58. The normalized spacial score (nSPS) is 22.9. The first-order chi connectivity index (χ1) is 15.0. The molecule has 31 heavy (non-hydrogen) atoms. The van der Waals surface area contributed by atoms with Crippen molar-refractivity contribution in [2.75, 3.05) is 18.1 Å². The molecule has 1 amide bonds. The lowest BCUT2D eigenvalue weighted by atomic mass is 9.74. The second kappa shape index (κ2) is 7.60. The molecule has 1 N–H and O–H groups in total. The summed E-state index contributed by atoms with van der Waals surface area (Å²) in [5.41, 5.74) is 2.21. The van der Waals surface area contributed by atoms with Gasteiger partial charge in [0.05, 0.1) is 23.6 Å². The molecule has 0 bridgehead atoms. The molecule has 2 heterocycles. The summed E-state index contributed by atoms with van der Waals surface area (Å²) in [6.07, 6.45) is 0. The number of aliphatic hydroxyl groups is 1. The molecule has 3 atom stereocenters. The highest BCUT2D eigenvalue weighted by molar-refractivity contribution is 7.89. The fraction of sp³-hybridized carbons (Fsp3) is 0.208. The lowest BCUT2D eigenvalue weighted by molar-refractivity contribution is 0.0276. The van der Waals surface area contributed by atoms with E-state index >= 15 is 0 Å². The van der Waals surface area contributed by atoms with E-state index in [1.807, 2.05) is 42.5 Å². The van der Waals surface area contributed by atoms with Gasteiger partial charge in [-0.15, -0.1) is 0 Å². The van der Waals surface area contributed by atoms with E-state index in [2.05, 4.69) is 0 Å². The molecule has 0 spiro atoms. The van der Waals surface area contributed by atoms with Gasteiger partial charge < -0.3 is 10.0 Å². The van der Waals surface area contributed by atoms with Crippen LogP contribution in [0.2, 0.25) is 0 Å². The SMILES string of the molecule is O=C(c1ccccc1)N1C[C@@H]2[C@H](c3ccccc31)[C@@H](CO)N2S(=O)(=O)c1ccccc1. The van der Waals surface area contributed by atoms with Crippen molar-refractivity contribution < 1.29 is 18.3 Å². The maximum atomic E-state index is 13.4. The third-order valence-electron chi connectivity index (χ3n) is 6.21. The number of para-hydroxylation sites is 1. The minimum Gasteiger partial charge on any atom is -0.395 e. The van der Waals surface area contributed by atoms with Gasteiger partial charge in [-0.05, 0) is 35.9 Å². The number of hydrogen-bond donors (Lipinski definition) is 1. The van der Waals surface area contributed by atoms with Gasteiger partial charge in [-0.1, -0.05) is 54.6 Å². The zero-order chi connectivity index (χ0) is 21.6. The van der Waals surface area contributed by atoms with Crippen LogP contribution in [0.15, 0.2) is 89.8 Å². The predicted molar refractivity (Wildman–Crippen MR) is 117 cm³/mol. The number of sulfonamides is 1. The maximum absolute atomic E-state index is 13.4. The van der Waals surface area contributed by atoms with Crippen LogP contribution in [-0.2, 0) is 10.0 Å². The van der Waals surface area contributed by atoms with Crippen molar-refractivity contribution in [3.8, 4) is 0 Å². The van der Waals surface area contributed by atoms with E-state index in [-0.39, 0.29) is 29.9 Å². The van der Waals surface area contributed by atoms with Gasteiger partial charge in [-0.2, -0.15) is 4.31 Å². The average molecular weight is 435 g/mol. The first-order valence-electron chi connectivity index (χ1n) is 10.2. The number of benzene rings is 3. The van der Waals surface area contributed by atoms with Crippen LogP contribution in [0, 0.1) is 0 Å². The average Bonchev–Trinajstić information content (AvgIpc) is 2.80. The Kier molecular flexibility index (Phi) is 4.89. The van der Waals surface area contributed by atoms with E-state index in [1.165, 1.54) is 4.31 Å². The van der Waals surface area contributed by atoms with E-state index < -0.39 is 22.1 Å². The predicted octanol–water partition coefficient (Wildman–Crippen LogP) is 2.86. The van der Waals surface area contributed by atoms with Gasteiger partial charge in [-0.3, -0.25) is 4.79 Å². The third-order valence-corrected chi connectivity index (χ3v) is 8.18. The van der Waals surface area contributed by atoms with Crippen LogP contribution in [0.1, 0.15) is 21.8 Å². The Morgan fingerprint density at radius 2 is 1.52 bits per heavy atom. The number of rotatable bonds is 4. The van der Waals surface area contributed by atoms with Crippen LogP contribution in [0.25, 0.3) is 0 Å². The molecule has 0 radical (unpaired) electrons. The van der Waals surface area contributed by atoms with Crippen molar-refractivity contribution >= 4 is 21.6 Å². The van der Waals surface area contributed by atoms with E-state index in [0.29, 0.717) is 5.56 Å². The van der Waals surface area contributed by atoms with Crippen molar-refractivity contribution in [3.05, 3.63) is 96.1 Å². The van der Waals surface area contributed by atoms with Crippen LogP contribution in [0.3, 0.4) is 0 Å². The van der Waals surface area contributed by atoms with Crippen molar-refractivity contribution in [2.24, 2.45) is 0 Å². The number of fused-ring (bicyclic) bond motifs is 3. The summed E-state index contributed by atoms with van der Waals surface area (Å²) in [5, 5.41) is 10.1. The van der Waals surface area contributed by atoms with E-state index in [9.17, 15) is 18.3 Å². The Morgan fingerprint density at radius 1 is 0.903 bits per heavy atom. The number of nitrogens with zero attached hydrogens (tertiary/aromatic N) is 2. The van der Waals surface area contributed by atoms with Crippen LogP contribution in [0.4, 0.5) is 5.69 Å². The molecule has 158 valence electrons. The molecular formula is C24H22N2O4S. The second-order valence-corrected chi connectivity index (χ2v) is 9.67. The number of anilines is 1. The van der Waals surface area contributed by atoms with Crippen molar-refractivity contribution in [1.82, 2.24) is 4.31 Å². The monoisotopic (exact) mass is 434 g/mol. The number of hydrogen-bond acceptors (Lipinski definition) is 4. The fourth-order valence-electron chi connectivity index (χ4n) is 4.82. The van der Waals surface area contributed by atoms with Crippen molar-refractivity contribution in [1.29, 1.82) is 0 Å². The highest BCUT2D eigenvalue weighted by Crippen LogP contribution is 2.50. The quantitative estimate of drug-likeness (QED) is 0.685. The van der Waals surface area contributed by atoms with E-state index in [0.717, 1.165) is 11.3 Å². The molecule has 2 aliphatic heterocycles. The third kappa shape index (κ3) is 3.08. The minimum absolute atomic E-state index is 0.167. The van der Waals surface area contributed by atoms with Crippen LogP contribution in [0.5, 0.6) is 0 Å². The van der Waals surface area contributed by atoms with Gasteiger partial charge in [0.25, 0.3) is 5.91 Å². The van der Waals surface area contributed by atoms with Crippen LogP contribution >= 0.6 is 0 Å². The lowest BCUT2D eigenvalue weighted by Crippen LogP contribution is -2.70. The minimum atomic E-state index is -3.81. The summed E-state index contributed by atoms with van der Waals surface area (Å²) >= 11 is 0. The molecule has 3 aromatic rings. The maximum Gasteiger partial charge on any atom is 0.258 e. The molecule has 7 heteroatoms. The Hall–Kier alpha value is -3.00. The van der Waals surface area contributed by atoms with Gasteiger partial charge in [0.1, 0.15) is 0 Å². The van der Waals surface area contributed by atoms with Crippen LogP contribution in [-0.4, -0.2) is 49.0 Å². The topological polar surface area (TPSA) is 77.9 Å². The molecule has 2 aliphatic rings. The number of aliphatic hydroxyl groups excluding tert-OH is 1. The first kappa shape index (κ1) is 19.9. The van der Waals surface area contributed by atoms with Gasteiger partial charge in [-0.25, -0.2) is 8.42 Å². The summed E-state index contributed by atoms with van der Waals surface area (Å²) in [7, 11) is -3.81. The van der Waals surface area contributed by atoms with Crippen LogP contribution < -0.4 is 4.90 Å². The summed E-state index contributed by atoms with van der Waals surface area (Å²) in [5.74, 6) is -0.337. The summed E-state index contributed by atoms with van der Waals surface area (Å²) in [6.45, 7) is -0.0494. The van der Waals surface area contributed by atoms with Gasteiger partial charge in [0, 0.05) is 23.7 Å². The standard InChI is InChI=1S/C24H22N2O4S/c27-16-22-23-19-13-7-8-14-20(19)25(24(28)17-9-3-1-4-10-17)15-21(23)26(22)31(29,30)18-11-5-2-6-12-18/h1-14,21-23,27H,15-16H2/t21-,22-,23+/m1/s1. The largest absolute Gasteiger partial charge is 0.395 e. The Balaban J connectivity index is 1.58. The zero-order valence-corrected chi connectivity index (χ0v) is 17.5. The number of carbonyl (C=O) groups is 1. The zero-order valence-electron chi connectivity index (χ0n) is 16.7. The lowest BCUT2D eigenvalue weighted by Gasteiger charge is -2.57. The molecule has 0 aliphatic carbocycles. The Labute approximate surface area is 181 Å².